The van der Waals surface area contributed by atoms with Crippen molar-refractivity contribution in [2.75, 3.05) is 11.4 Å². The molecule has 1 rings (SSSR count). The lowest BCUT2D eigenvalue weighted by molar-refractivity contribution is 0.661. The van der Waals surface area contributed by atoms with E-state index < -0.39 is 0 Å². The number of pyridine rings is 1. The fourth-order valence-corrected chi connectivity index (χ4v) is 1.83. The molecule has 0 fully saturated rings. The summed E-state index contributed by atoms with van der Waals surface area (Å²) >= 11 is 0. The van der Waals surface area contributed by atoms with Gasteiger partial charge in [0.2, 0.25) is 0 Å². The zero-order chi connectivity index (χ0) is 13.0. The third kappa shape index (κ3) is 3.44. The average Bonchev–Trinajstić information content (AvgIpc) is 2.24. The van der Waals surface area contributed by atoms with E-state index in [0.717, 1.165) is 30.0 Å². The quantitative estimate of drug-likeness (QED) is 0.607. The van der Waals surface area contributed by atoms with Gasteiger partial charge in [0.15, 0.2) is 0 Å². The molecule has 17 heavy (non-hydrogen) atoms. The van der Waals surface area contributed by atoms with Crippen LogP contribution in [0.15, 0.2) is 12.1 Å². The normalized spacial score (nSPS) is 10.6. The highest BCUT2D eigenvalue weighted by molar-refractivity contribution is 5.95. The summed E-state index contributed by atoms with van der Waals surface area (Å²) in [7, 11) is 0. The number of hydrogen-bond acceptors (Lipinski definition) is 3. The number of nitrogens with two attached hydrogens (primary N) is 1. The van der Waals surface area contributed by atoms with Gasteiger partial charge in [0.05, 0.1) is 0 Å². The predicted octanol–water partition coefficient (Wildman–Crippen LogP) is 2.30. The van der Waals surface area contributed by atoms with Gasteiger partial charge in [0.25, 0.3) is 0 Å². The van der Waals surface area contributed by atoms with Crippen LogP contribution >= 0.6 is 0 Å². The van der Waals surface area contributed by atoms with Gasteiger partial charge in [-0.3, -0.25) is 5.41 Å². The molecule has 0 aliphatic rings. The van der Waals surface area contributed by atoms with Crippen LogP contribution < -0.4 is 10.6 Å². The van der Waals surface area contributed by atoms with Crippen molar-refractivity contribution in [2.24, 2.45) is 5.73 Å². The lowest BCUT2D eigenvalue weighted by atomic mass is 10.2. The second-order valence-corrected chi connectivity index (χ2v) is 4.56. The maximum Gasteiger partial charge on any atom is 0.129 e. The van der Waals surface area contributed by atoms with Crippen LogP contribution in [0.3, 0.4) is 0 Å². The Kier molecular flexibility index (Phi) is 4.49. The Labute approximate surface area is 103 Å². The summed E-state index contributed by atoms with van der Waals surface area (Å²) in [6.45, 7) is 9.34. The minimum Gasteiger partial charge on any atom is -0.384 e. The van der Waals surface area contributed by atoms with Crippen molar-refractivity contribution in [3.8, 4) is 0 Å². The molecule has 0 saturated carbocycles. The number of rotatable bonds is 5. The van der Waals surface area contributed by atoms with Gasteiger partial charge >= 0.3 is 0 Å². The summed E-state index contributed by atoms with van der Waals surface area (Å²) in [6.07, 6.45) is 1.07. The van der Waals surface area contributed by atoms with Gasteiger partial charge in [-0.25, -0.2) is 4.98 Å². The van der Waals surface area contributed by atoms with E-state index in [1.165, 1.54) is 0 Å². The van der Waals surface area contributed by atoms with Gasteiger partial charge in [0, 0.05) is 23.8 Å². The fourth-order valence-electron chi connectivity index (χ4n) is 1.83. The Balaban J connectivity index is 3.14. The summed E-state index contributed by atoms with van der Waals surface area (Å²) in [4.78, 5) is 6.77. The van der Waals surface area contributed by atoms with Crippen LogP contribution in [0.1, 0.15) is 38.4 Å². The number of amidine groups is 1. The molecule has 1 aromatic heterocycles. The standard InChI is InChI=1S/C13H22N4/c1-5-6-17(9(2)3)12-8-11(13(14)15)7-10(4)16-12/h7-9H,5-6H2,1-4H3,(H3,14,15). The van der Waals surface area contributed by atoms with Gasteiger partial charge in [-0.15, -0.1) is 0 Å². The van der Waals surface area contributed by atoms with Gasteiger partial charge < -0.3 is 10.6 Å². The molecule has 0 unspecified atom stereocenters. The highest BCUT2D eigenvalue weighted by Gasteiger charge is 2.12. The maximum absolute atomic E-state index is 7.51. The number of nitrogens with zero attached hydrogens (tertiary/aromatic N) is 2. The molecule has 0 aliphatic heterocycles. The molecule has 1 heterocycles. The molecule has 94 valence electrons. The molecular formula is C13H22N4. The monoisotopic (exact) mass is 234 g/mol. The van der Waals surface area contributed by atoms with Crippen molar-refractivity contribution in [1.82, 2.24) is 4.98 Å². The Bertz CT molecular complexity index is 398. The van der Waals surface area contributed by atoms with E-state index in [2.05, 4.69) is 30.7 Å². The topological polar surface area (TPSA) is 66.0 Å². The molecule has 0 atom stereocenters. The van der Waals surface area contributed by atoms with Gasteiger partial charge in [0.1, 0.15) is 11.7 Å². The van der Waals surface area contributed by atoms with E-state index in [0.29, 0.717) is 6.04 Å². The highest BCUT2D eigenvalue weighted by atomic mass is 15.2. The Morgan fingerprint density at radius 3 is 2.59 bits per heavy atom. The van der Waals surface area contributed by atoms with Crippen LogP contribution in [0.25, 0.3) is 0 Å². The maximum atomic E-state index is 7.51. The second-order valence-electron chi connectivity index (χ2n) is 4.56. The van der Waals surface area contributed by atoms with Crippen molar-refractivity contribution < 1.29 is 0 Å². The van der Waals surface area contributed by atoms with Gasteiger partial charge in [-0.1, -0.05) is 6.92 Å². The molecule has 0 saturated heterocycles. The molecule has 0 bridgehead atoms. The van der Waals surface area contributed by atoms with Crippen molar-refractivity contribution >= 4 is 11.7 Å². The molecule has 4 heteroatoms. The van der Waals surface area contributed by atoms with Gasteiger partial charge in [-0.05, 0) is 39.3 Å². The third-order valence-corrected chi connectivity index (χ3v) is 2.63. The van der Waals surface area contributed by atoms with E-state index in [1.54, 1.807) is 0 Å². The van der Waals surface area contributed by atoms with E-state index in [-0.39, 0.29) is 5.84 Å². The number of aromatic nitrogens is 1. The molecule has 0 aromatic carbocycles. The summed E-state index contributed by atoms with van der Waals surface area (Å²) in [5.74, 6) is 1.00. The predicted molar refractivity (Wildman–Crippen MR) is 72.8 cm³/mol. The van der Waals surface area contributed by atoms with E-state index in [1.807, 2.05) is 19.1 Å². The lowest BCUT2D eigenvalue weighted by Crippen LogP contribution is -2.32. The first kappa shape index (κ1) is 13.5. The van der Waals surface area contributed by atoms with E-state index >= 15 is 0 Å². The zero-order valence-electron chi connectivity index (χ0n) is 11.1. The second kappa shape index (κ2) is 5.66. The summed E-state index contributed by atoms with van der Waals surface area (Å²) < 4.78 is 0. The number of anilines is 1. The number of nitrogen functional groups attached to an aromatic ring is 1. The first-order chi connectivity index (χ1) is 7.95. The highest BCUT2D eigenvalue weighted by Crippen LogP contribution is 2.17. The molecule has 0 amide bonds. The fraction of sp³-hybridized carbons (Fsp3) is 0.538. The van der Waals surface area contributed by atoms with Gasteiger partial charge in [-0.2, -0.15) is 0 Å². The molecule has 0 spiro atoms. The van der Waals surface area contributed by atoms with Crippen LogP contribution in [0.2, 0.25) is 0 Å². The molecule has 3 N–H and O–H groups in total. The van der Waals surface area contributed by atoms with Crippen molar-refractivity contribution in [3.63, 3.8) is 0 Å². The van der Waals surface area contributed by atoms with E-state index in [9.17, 15) is 0 Å². The average molecular weight is 234 g/mol. The number of nitrogens with one attached hydrogen (secondary N) is 1. The Morgan fingerprint density at radius 2 is 2.12 bits per heavy atom. The first-order valence-electron chi connectivity index (χ1n) is 6.05. The van der Waals surface area contributed by atoms with Crippen molar-refractivity contribution in [3.05, 3.63) is 23.4 Å². The smallest absolute Gasteiger partial charge is 0.129 e. The van der Waals surface area contributed by atoms with Crippen LogP contribution in [0.4, 0.5) is 5.82 Å². The zero-order valence-corrected chi connectivity index (χ0v) is 11.1. The molecular weight excluding hydrogens is 212 g/mol. The minimum atomic E-state index is 0.0944. The summed E-state index contributed by atoms with van der Waals surface area (Å²) in [5.41, 5.74) is 7.18. The molecule has 0 radical (unpaired) electrons. The summed E-state index contributed by atoms with van der Waals surface area (Å²) in [5, 5.41) is 7.51. The van der Waals surface area contributed by atoms with Crippen LogP contribution in [0, 0.1) is 12.3 Å². The van der Waals surface area contributed by atoms with Crippen molar-refractivity contribution in [2.45, 2.75) is 40.2 Å². The SMILES string of the molecule is CCCN(c1cc(C(=N)N)cc(C)n1)C(C)C. The van der Waals surface area contributed by atoms with Crippen molar-refractivity contribution in [1.29, 1.82) is 5.41 Å². The van der Waals surface area contributed by atoms with Crippen LogP contribution in [-0.4, -0.2) is 23.4 Å². The first-order valence-corrected chi connectivity index (χ1v) is 6.05. The molecule has 1 aromatic rings. The Hall–Kier alpha value is -1.58. The molecule has 0 aliphatic carbocycles. The molecule has 4 nitrogen and oxygen atoms in total. The summed E-state index contributed by atoms with van der Waals surface area (Å²) in [6, 6.07) is 4.13. The van der Waals surface area contributed by atoms with E-state index in [4.69, 9.17) is 11.1 Å². The lowest BCUT2D eigenvalue weighted by Gasteiger charge is -2.28. The van der Waals surface area contributed by atoms with Crippen LogP contribution in [0.5, 0.6) is 0 Å². The minimum absolute atomic E-state index is 0.0944. The number of hydrogen-bond donors (Lipinski definition) is 2. The van der Waals surface area contributed by atoms with Crippen LogP contribution in [-0.2, 0) is 0 Å². The third-order valence-electron chi connectivity index (χ3n) is 2.63. The Morgan fingerprint density at radius 1 is 1.47 bits per heavy atom. The number of aryl methyl sites for hydroxylation is 1. The largest absolute Gasteiger partial charge is 0.384 e.